The molecule has 0 saturated carbocycles. The van der Waals surface area contributed by atoms with E-state index >= 15 is 0 Å². The number of nitrogens with two attached hydrogens (primary N) is 1. The van der Waals surface area contributed by atoms with Crippen LogP contribution in [0.15, 0.2) is 84.9 Å². The quantitative estimate of drug-likeness (QED) is 0.241. The minimum absolute atomic E-state index is 0.0342. The summed E-state index contributed by atoms with van der Waals surface area (Å²) in [4.78, 5) is 27.7. The zero-order valence-electron chi connectivity index (χ0n) is 23.1. The van der Waals surface area contributed by atoms with Crippen LogP contribution >= 0.6 is 11.8 Å². The number of aliphatic hydroxyl groups excluding tert-OH is 1. The van der Waals surface area contributed by atoms with Gasteiger partial charge in [-0.1, -0.05) is 72.8 Å². The third-order valence-electron chi connectivity index (χ3n) is 6.58. The third kappa shape index (κ3) is 9.59. The predicted molar refractivity (Wildman–Crippen MR) is 159 cm³/mol. The van der Waals surface area contributed by atoms with Crippen LogP contribution in [0, 0.1) is 0 Å². The molecule has 0 unspecified atom stereocenters. The highest BCUT2D eigenvalue weighted by atomic mass is 32.2. The summed E-state index contributed by atoms with van der Waals surface area (Å²) in [5, 5.41) is 14.8. The van der Waals surface area contributed by atoms with E-state index in [0.29, 0.717) is 25.1 Å². The van der Waals surface area contributed by atoms with Crippen LogP contribution in [0.25, 0.3) is 0 Å². The molecule has 0 aromatic heterocycles. The molecule has 214 valence electrons. The van der Waals surface area contributed by atoms with Gasteiger partial charge in [-0.25, -0.2) is 4.79 Å². The van der Waals surface area contributed by atoms with Gasteiger partial charge in [0.05, 0.1) is 19.3 Å². The first-order valence-corrected chi connectivity index (χ1v) is 14.6. The molecule has 0 aliphatic rings. The maximum atomic E-state index is 13.7. The van der Waals surface area contributed by atoms with E-state index in [1.807, 2.05) is 91.2 Å². The van der Waals surface area contributed by atoms with E-state index in [1.165, 1.54) is 4.90 Å². The van der Waals surface area contributed by atoms with Crippen LogP contribution in [0.5, 0.6) is 5.75 Å². The number of carbonyl (C=O) groups is 2. The molecule has 3 aromatic rings. The van der Waals surface area contributed by atoms with E-state index in [2.05, 4.69) is 5.32 Å². The van der Waals surface area contributed by atoms with Crippen LogP contribution in [0.4, 0.5) is 4.79 Å². The molecule has 0 radical (unpaired) electrons. The Morgan fingerprint density at radius 2 is 1.62 bits per heavy atom. The lowest BCUT2D eigenvalue weighted by Gasteiger charge is -2.38. The number of thioether (sulfide) groups is 1. The molecule has 3 rings (SSSR count). The SMILES string of the molecule is COc1cccc(CNC[C@@H](O)[C@H](Cc2ccccc2)N(C(=O)OCc2ccccc2)[C@@H](CCSC)C(N)=O)c1. The lowest BCUT2D eigenvalue weighted by molar-refractivity contribution is -0.124. The number of aliphatic hydroxyl groups is 1. The van der Waals surface area contributed by atoms with E-state index in [-0.39, 0.29) is 13.2 Å². The minimum atomic E-state index is -1.02. The minimum Gasteiger partial charge on any atom is -0.497 e. The predicted octanol–water partition coefficient (Wildman–Crippen LogP) is 4.00. The van der Waals surface area contributed by atoms with Crippen LogP contribution in [-0.4, -0.2) is 65.9 Å². The lowest BCUT2D eigenvalue weighted by Crippen LogP contribution is -2.59. The van der Waals surface area contributed by atoms with Crippen molar-refractivity contribution in [3.05, 3.63) is 102 Å². The van der Waals surface area contributed by atoms with Gasteiger partial charge in [0.25, 0.3) is 0 Å². The van der Waals surface area contributed by atoms with Crippen molar-refractivity contribution in [2.24, 2.45) is 5.73 Å². The molecule has 0 bridgehead atoms. The molecular weight excluding hydrogens is 526 g/mol. The fraction of sp³-hybridized carbons (Fsp3) is 0.355. The second kappa shape index (κ2) is 16.5. The van der Waals surface area contributed by atoms with Gasteiger partial charge in [-0.2, -0.15) is 11.8 Å². The number of hydrogen-bond acceptors (Lipinski definition) is 7. The summed E-state index contributed by atoms with van der Waals surface area (Å²) in [6, 6.07) is 24.8. The van der Waals surface area contributed by atoms with Gasteiger partial charge in [0.15, 0.2) is 0 Å². The smallest absolute Gasteiger partial charge is 0.411 e. The van der Waals surface area contributed by atoms with Gasteiger partial charge >= 0.3 is 6.09 Å². The summed E-state index contributed by atoms with van der Waals surface area (Å²) in [7, 11) is 1.61. The van der Waals surface area contributed by atoms with E-state index in [4.69, 9.17) is 15.2 Å². The number of nitrogens with one attached hydrogen (secondary N) is 1. The topological polar surface area (TPSA) is 114 Å². The number of carbonyl (C=O) groups excluding carboxylic acids is 2. The standard InChI is InChI=1S/C31H39N3O5S/c1-38-26-15-9-14-25(18-26)20-33-21-29(35)28(19-23-10-5-3-6-11-23)34(27(30(32)36)16-17-40-2)31(37)39-22-24-12-7-4-8-13-24/h3-15,18,27-29,33,35H,16-17,19-22H2,1-2H3,(H2,32,36)/t27-,28-,29+/m0/s1. The average Bonchev–Trinajstić information content (AvgIpc) is 2.98. The average molecular weight is 566 g/mol. The molecule has 4 N–H and O–H groups in total. The number of methoxy groups -OCH3 is 1. The Balaban J connectivity index is 1.87. The number of benzene rings is 3. The molecule has 0 aliphatic heterocycles. The van der Waals surface area contributed by atoms with Crippen LogP contribution in [0.3, 0.4) is 0 Å². The number of amides is 2. The third-order valence-corrected chi connectivity index (χ3v) is 7.23. The molecule has 3 aromatic carbocycles. The Labute approximate surface area is 240 Å². The van der Waals surface area contributed by atoms with Gasteiger partial charge in [-0.3, -0.25) is 9.69 Å². The largest absolute Gasteiger partial charge is 0.497 e. The summed E-state index contributed by atoms with van der Waals surface area (Å²) in [6.07, 6.45) is 0.862. The number of hydrogen-bond donors (Lipinski definition) is 3. The Morgan fingerprint density at radius 1 is 0.975 bits per heavy atom. The van der Waals surface area contributed by atoms with Crippen LogP contribution < -0.4 is 15.8 Å². The molecule has 8 nitrogen and oxygen atoms in total. The molecule has 0 fully saturated rings. The molecule has 9 heteroatoms. The van der Waals surface area contributed by atoms with Crippen LogP contribution in [0.1, 0.15) is 23.1 Å². The van der Waals surface area contributed by atoms with Gasteiger partial charge in [-0.15, -0.1) is 0 Å². The second-order valence-corrected chi connectivity index (χ2v) is 10.4. The second-order valence-electron chi connectivity index (χ2n) is 9.45. The summed E-state index contributed by atoms with van der Waals surface area (Å²) in [6.45, 7) is 0.689. The highest BCUT2D eigenvalue weighted by molar-refractivity contribution is 7.98. The Morgan fingerprint density at radius 3 is 2.25 bits per heavy atom. The van der Waals surface area contributed by atoms with Gasteiger partial charge < -0.3 is 25.6 Å². The summed E-state index contributed by atoms with van der Waals surface area (Å²) < 4.78 is 11.0. The number of nitrogens with zero attached hydrogens (tertiary/aromatic N) is 1. The Hall–Kier alpha value is -3.53. The van der Waals surface area contributed by atoms with E-state index < -0.39 is 30.2 Å². The summed E-state index contributed by atoms with van der Waals surface area (Å²) in [5.74, 6) is 0.714. The van der Waals surface area contributed by atoms with Crippen LogP contribution in [0.2, 0.25) is 0 Å². The molecule has 0 spiro atoms. The zero-order chi connectivity index (χ0) is 28.7. The van der Waals surface area contributed by atoms with Crippen molar-refractivity contribution in [1.29, 1.82) is 0 Å². The molecule has 0 saturated heterocycles. The normalized spacial score (nSPS) is 13.2. The maximum absolute atomic E-state index is 13.7. The first-order chi connectivity index (χ1) is 19.4. The highest BCUT2D eigenvalue weighted by Gasteiger charge is 2.38. The van der Waals surface area contributed by atoms with Crippen molar-refractivity contribution < 1.29 is 24.2 Å². The van der Waals surface area contributed by atoms with Gasteiger partial charge in [0, 0.05) is 13.1 Å². The van der Waals surface area contributed by atoms with E-state index in [1.54, 1.807) is 18.9 Å². The van der Waals surface area contributed by atoms with E-state index in [0.717, 1.165) is 22.4 Å². The van der Waals surface area contributed by atoms with Gasteiger partial charge in [-0.05, 0) is 53.7 Å². The molecule has 2 amide bonds. The summed E-state index contributed by atoms with van der Waals surface area (Å²) in [5.41, 5.74) is 8.56. The van der Waals surface area contributed by atoms with Crippen molar-refractivity contribution >= 4 is 23.8 Å². The van der Waals surface area contributed by atoms with Gasteiger partial charge in [0.2, 0.25) is 5.91 Å². The summed E-state index contributed by atoms with van der Waals surface area (Å²) >= 11 is 1.55. The van der Waals surface area contributed by atoms with Crippen LogP contribution in [-0.2, 0) is 29.1 Å². The van der Waals surface area contributed by atoms with Crippen molar-refractivity contribution in [2.75, 3.05) is 25.7 Å². The Bertz CT molecular complexity index is 1180. The van der Waals surface area contributed by atoms with Crippen molar-refractivity contribution in [3.63, 3.8) is 0 Å². The van der Waals surface area contributed by atoms with E-state index in [9.17, 15) is 14.7 Å². The fourth-order valence-electron chi connectivity index (χ4n) is 4.49. The zero-order valence-corrected chi connectivity index (χ0v) is 23.9. The Kier molecular flexibility index (Phi) is 12.8. The monoisotopic (exact) mass is 565 g/mol. The van der Waals surface area contributed by atoms with Crippen molar-refractivity contribution in [1.82, 2.24) is 10.2 Å². The fourth-order valence-corrected chi connectivity index (χ4v) is 4.95. The number of rotatable bonds is 16. The molecule has 40 heavy (non-hydrogen) atoms. The molecule has 0 aliphatic carbocycles. The maximum Gasteiger partial charge on any atom is 0.411 e. The first-order valence-electron chi connectivity index (χ1n) is 13.3. The molecule has 3 atom stereocenters. The molecule has 0 heterocycles. The molecular formula is C31H39N3O5S. The number of primary amides is 1. The number of ether oxygens (including phenoxy) is 2. The van der Waals surface area contributed by atoms with Gasteiger partial charge in [0.1, 0.15) is 18.4 Å². The first kappa shape index (κ1) is 31.0. The van der Waals surface area contributed by atoms with Crippen molar-refractivity contribution in [2.45, 2.75) is 44.2 Å². The lowest BCUT2D eigenvalue weighted by atomic mass is 9.97. The van der Waals surface area contributed by atoms with Crippen molar-refractivity contribution in [3.8, 4) is 5.75 Å². The highest BCUT2D eigenvalue weighted by Crippen LogP contribution is 2.21.